The number of aromatic carboxylic acids is 1. The van der Waals surface area contributed by atoms with E-state index in [0.717, 1.165) is 25.7 Å². The summed E-state index contributed by atoms with van der Waals surface area (Å²) >= 11 is 0. The number of aromatic nitrogens is 2. The fraction of sp³-hybridized carbons (Fsp3) is 0.389. The summed E-state index contributed by atoms with van der Waals surface area (Å²) in [5.41, 5.74) is 1.24. The first-order chi connectivity index (χ1) is 11.9. The molecule has 0 aliphatic heterocycles. The fourth-order valence-electron chi connectivity index (χ4n) is 2.65. The van der Waals surface area contributed by atoms with Gasteiger partial charge in [-0.15, -0.1) is 0 Å². The van der Waals surface area contributed by atoms with Crippen molar-refractivity contribution in [3.63, 3.8) is 0 Å². The molecule has 2 rings (SSSR count). The molecule has 134 valence electrons. The van der Waals surface area contributed by atoms with Gasteiger partial charge in [0.1, 0.15) is 0 Å². The van der Waals surface area contributed by atoms with E-state index < -0.39 is 11.9 Å². The third kappa shape index (κ3) is 4.59. The molecule has 1 aromatic carbocycles. The Morgan fingerprint density at radius 2 is 1.88 bits per heavy atom. The Hall–Kier alpha value is -2.83. The molecule has 0 atom stereocenters. The first-order valence-corrected chi connectivity index (χ1v) is 8.37. The lowest BCUT2D eigenvalue weighted by molar-refractivity contribution is -0.607. The van der Waals surface area contributed by atoms with Gasteiger partial charge in [-0.1, -0.05) is 19.8 Å². The number of rotatable bonds is 8. The Balaban J connectivity index is 2.08. The average Bonchev–Trinajstić information content (AvgIpc) is 2.86. The first-order valence-electron chi connectivity index (χ1n) is 8.37. The number of carbonyl (C=O) groups excluding carboxylic acids is 1. The van der Waals surface area contributed by atoms with Crippen molar-refractivity contribution >= 4 is 17.6 Å². The molecule has 0 saturated heterocycles. The summed E-state index contributed by atoms with van der Waals surface area (Å²) < 4.78 is 2.38. The van der Waals surface area contributed by atoms with E-state index in [1.807, 2.05) is 0 Å². The third-order valence-electron chi connectivity index (χ3n) is 4.10. The van der Waals surface area contributed by atoms with E-state index in [-0.39, 0.29) is 11.3 Å². The van der Waals surface area contributed by atoms with Crippen LogP contribution in [0.25, 0.3) is 0 Å². The molecule has 0 fully saturated rings. The van der Waals surface area contributed by atoms with Crippen LogP contribution in [-0.2, 0) is 6.54 Å². The Bertz CT molecular complexity index is 750. The van der Waals surface area contributed by atoms with Crippen LogP contribution in [0.3, 0.4) is 0 Å². The van der Waals surface area contributed by atoms with Gasteiger partial charge in [-0.3, -0.25) is 4.79 Å². The lowest BCUT2D eigenvalue weighted by Gasteiger charge is -2.06. The molecule has 0 spiro atoms. The minimum atomic E-state index is -1.04. The highest BCUT2D eigenvalue weighted by molar-refractivity contribution is 6.02. The molecule has 1 amide bonds. The van der Waals surface area contributed by atoms with Crippen LogP contribution in [0.2, 0.25) is 0 Å². The van der Waals surface area contributed by atoms with Crippen LogP contribution in [0.1, 0.15) is 59.1 Å². The van der Waals surface area contributed by atoms with Gasteiger partial charge in [0.25, 0.3) is 5.91 Å². The number of unbranched alkanes of at least 4 members (excludes halogenated alkanes) is 3. The van der Waals surface area contributed by atoms with E-state index in [2.05, 4.69) is 12.2 Å². The van der Waals surface area contributed by atoms with Gasteiger partial charge in [-0.2, -0.15) is 0 Å². The van der Waals surface area contributed by atoms with Crippen molar-refractivity contribution in [3.8, 4) is 0 Å². The summed E-state index contributed by atoms with van der Waals surface area (Å²) in [6.45, 7) is 4.59. The lowest BCUT2D eigenvalue weighted by atomic mass is 10.2. The number of hydrogen-bond donors (Lipinski definition) is 2. The zero-order chi connectivity index (χ0) is 18.4. The van der Waals surface area contributed by atoms with Crippen LogP contribution < -0.4 is 10.0 Å². The number of nitrogens with one attached hydrogen (secondary N) is 1. The SMILES string of the molecule is CCCCCCn1c[n+]([O-])c(C(=O)Nc2ccc(C(=O)O)cc2)c1C. The van der Waals surface area contributed by atoms with Crippen LogP contribution in [0.5, 0.6) is 0 Å². The highest BCUT2D eigenvalue weighted by Crippen LogP contribution is 2.13. The predicted octanol–water partition coefficient (Wildman–Crippen LogP) is 2.96. The number of benzene rings is 1. The third-order valence-corrected chi connectivity index (χ3v) is 4.10. The molecular weight excluding hydrogens is 322 g/mol. The highest BCUT2D eigenvalue weighted by Gasteiger charge is 2.23. The largest absolute Gasteiger partial charge is 0.710 e. The zero-order valence-corrected chi connectivity index (χ0v) is 14.5. The van der Waals surface area contributed by atoms with Gasteiger partial charge in [0.15, 0.2) is 5.69 Å². The van der Waals surface area contributed by atoms with Gasteiger partial charge in [-0.05, 0) is 37.1 Å². The fourth-order valence-corrected chi connectivity index (χ4v) is 2.65. The summed E-state index contributed by atoms with van der Waals surface area (Å²) in [6.07, 6.45) is 5.73. The molecule has 0 saturated carbocycles. The second-order valence-corrected chi connectivity index (χ2v) is 5.97. The number of aryl methyl sites for hydroxylation is 1. The number of amides is 1. The minimum Gasteiger partial charge on any atom is -0.710 e. The van der Waals surface area contributed by atoms with Gasteiger partial charge >= 0.3 is 5.97 Å². The zero-order valence-electron chi connectivity index (χ0n) is 14.5. The topological polar surface area (TPSA) is 98.3 Å². The standard InChI is InChI=1S/C18H23N3O4/c1-3-4-5-6-11-20-12-21(25)16(13(20)2)17(22)19-15-9-7-14(8-10-15)18(23)24/h7-10,12H,3-6,11H2,1-2H3,(H,19,22)(H,23,24). The molecule has 0 bridgehead atoms. The number of carboxylic acid groups (broad SMARTS) is 1. The number of carboxylic acids is 1. The van der Waals surface area contributed by atoms with E-state index in [0.29, 0.717) is 22.7 Å². The number of imidazole rings is 1. The Labute approximate surface area is 146 Å². The van der Waals surface area contributed by atoms with Crippen molar-refractivity contribution in [1.29, 1.82) is 0 Å². The molecule has 2 N–H and O–H groups in total. The maximum absolute atomic E-state index is 12.4. The second kappa shape index (κ2) is 8.32. The van der Waals surface area contributed by atoms with Crippen LogP contribution in [0, 0.1) is 12.1 Å². The van der Waals surface area contributed by atoms with E-state index in [1.165, 1.54) is 30.6 Å². The number of nitrogens with zero attached hydrogens (tertiary/aromatic N) is 2. The molecule has 0 aliphatic rings. The van der Waals surface area contributed by atoms with Gasteiger partial charge < -0.3 is 15.6 Å². The molecular formula is C18H23N3O4. The molecule has 0 unspecified atom stereocenters. The van der Waals surface area contributed by atoms with E-state index >= 15 is 0 Å². The Morgan fingerprint density at radius 3 is 2.48 bits per heavy atom. The summed E-state index contributed by atoms with van der Waals surface area (Å²) in [5.74, 6) is -1.55. The molecule has 25 heavy (non-hydrogen) atoms. The van der Waals surface area contributed by atoms with Crippen LogP contribution in [-0.4, -0.2) is 21.6 Å². The molecule has 1 heterocycles. The number of hydrogen-bond acceptors (Lipinski definition) is 3. The first kappa shape index (κ1) is 18.5. The van der Waals surface area contributed by atoms with Gasteiger partial charge in [0, 0.05) is 12.6 Å². The van der Waals surface area contributed by atoms with Crippen LogP contribution >= 0.6 is 0 Å². The van der Waals surface area contributed by atoms with Crippen molar-refractivity contribution in [2.24, 2.45) is 0 Å². The summed E-state index contributed by atoms with van der Waals surface area (Å²) in [7, 11) is 0. The molecule has 0 radical (unpaired) electrons. The van der Waals surface area contributed by atoms with Crippen LogP contribution in [0.15, 0.2) is 30.6 Å². The van der Waals surface area contributed by atoms with Gasteiger partial charge in [-0.25, -0.2) is 14.1 Å². The Morgan fingerprint density at radius 1 is 1.20 bits per heavy atom. The highest BCUT2D eigenvalue weighted by atomic mass is 16.5. The summed E-state index contributed by atoms with van der Waals surface area (Å²) in [5, 5.41) is 23.6. The monoisotopic (exact) mass is 345 g/mol. The molecule has 7 nitrogen and oxygen atoms in total. The normalized spacial score (nSPS) is 10.6. The maximum atomic E-state index is 12.4. The lowest BCUT2D eigenvalue weighted by Crippen LogP contribution is -2.34. The predicted molar refractivity (Wildman–Crippen MR) is 93.6 cm³/mol. The van der Waals surface area contributed by atoms with Crippen molar-refractivity contribution < 1.29 is 19.4 Å². The quantitative estimate of drug-likeness (QED) is 0.436. The van der Waals surface area contributed by atoms with E-state index in [4.69, 9.17) is 5.11 Å². The van der Waals surface area contributed by atoms with Gasteiger partial charge in [0.2, 0.25) is 12.0 Å². The minimum absolute atomic E-state index is 0.0535. The second-order valence-electron chi connectivity index (χ2n) is 5.97. The van der Waals surface area contributed by atoms with E-state index in [1.54, 1.807) is 11.5 Å². The van der Waals surface area contributed by atoms with Crippen molar-refractivity contribution in [2.45, 2.75) is 46.1 Å². The van der Waals surface area contributed by atoms with E-state index in [9.17, 15) is 14.8 Å². The summed E-state index contributed by atoms with van der Waals surface area (Å²) in [4.78, 5) is 23.2. The molecule has 2 aromatic rings. The van der Waals surface area contributed by atoms with Crippen molar-refractivity contribution in [1.82, 2.24) is 4.57 Å². The van der Waals surface area contributed by atoms with Gasteiger partial charge in [0.05, 0.1) is 12.1 Å². The van der Waals surface area contributed by atoms with Crippen LogP contribution in [0.4, 0.5) is 5.69 Å². The number of anilines is 1. The Kier molecular flexibility index (Phi) is 6.16. The molecule has 7 heteroatoms. The maximum Gasteiger partial charge on any atom is 0.335 e. The van der Waals surface area contributed by atoms with Crippen molar-refractivity contribution in [2.75, 3.05) is 5.32 Å². The van der Waals surface area contributed by atoms with Crippen molar-refractivity contribution in [3.05, 3.63) is 52.8 Å². The molecule has 1 aromatic heterocycles. The average molecular weight is 345 g/mol. The summed E-state index contributed by atoms with van der Waals surface area (Å²) in [6, 6.07) is 5.78. The number of carbonyl (C=O) groups is 2. The molecule has 0 aliphatic carbocycles. The smallest absolute Gasteiger partial charge is 0.335 e.